The van der Waals surface area contributed by atoms with Crippen molar-refractivity contribution in [3.8, 4) is 0 Å². The molecule has 0 amide bonds. The summed E-state index contributed by atoms with van der Waals surface area (Å²) < 4.78 is 5.32. The highest BCUT2D eigenvalue weighted by Crippen LogP contribution is 2.19. The van der Waals surface area contributed by atoms with Crippen molar-refractivity contribution in [1.82, 2.24) is 10.2 Å². The van der Waals surface area contributed by atoms with Gasteiger partial charge in [-0.1, -0.05) is 12.0 Å². The highest BCUT2D eigenvalue weighted by molar-refractivity contribution is 7.99. The van der Waals surface area contributed by atoms with E-state index in [0.29, 0.717) is 17.9 Å². The van der Waals surface area contributed by atoms with Crippen molar-refractivity contribution in [3.63, 3.8) is 0 Å². The number of hydrogen-bond donors (Lipinski definition) is 1. The first-order valence-corrected chi connectivity index (χ1v) is 6.54. The lowest BCUT2D eigenvalue weighted by Gasteiger charge is -2.09. The summed E-state index contributed by atoms with van der Waals surface area (Å²) >= 11 is 7.68. The van der Waals surface area contributed by atoms with Gasteiger partial charge < -0.3 is 9.73 Å². The Morgan fingerprint density at radius 1 is 1.47 bits per heavy atom. The lowest BCUT2D eigenvalue weighted by molar-refractivity contribution is 0.503. The summed E-state index contributed by atoms with van der Waals surface area (Å²) in [4.78, 5) is 0. The molecule has 0 bridgehead atoms. The zero-order valence-electron chi connectivity index (χ0n) is 9.16. The molecule has 0 aliphatic rings. The Labute approximate surface area is 99.2 Å². The van der Waals surface area contributed by atoms with Gasteiger partial charge in [0.25, 0.3) is 0 Å². The van der Waals surface area contributed by atoms with Gasteiger partial charge in [-0.15, -0.1) is 16.7 Å². The number of thioether (sulfide) groups is 1. The third kappa shape index (κ3) is 4.30. The molecule has 1 heterocycles. The van der Waals surface area contributed by atoms with Gasteiger partial charge in [-0.25, -0.2) is 0 Å². The second-order valence-electron chi connectivity index (χ2n) is 3.27. The maximum Gasteiger partial charge on any atom is 0.315 e. The van der Waals surface area contributed by atoms with Gasteiger partial charge in [-0.2, -0.15) is 11.8 Å². The molecule has 0 aromatic carbocycles. The van der Waals surface area contributed by atoms with Crippen LogP contribution in [-0.4, -0.2) is 27.7 Å². The maximum absolute atomic E-state index is 5.81. The molecule has 2 atom stereocenters. The number of hydrogen-bond acceptors (Lipinski definition) is 5. The predicted octanol–water partition coefficient (Wildman–Crippen LogP) is 2.92. The van der Waals surface area contributed by atoms with E-state index in [1.807, 2.05) is 11.8 Å². The number of aromatic nitrogens is 2. The molecule has 0 aliphatic heterocycles. The number of alkyl halides is 1. The molecule has 2 unspecified atom stereocenters. The van der Waals surface area contributed by atoms with Crippen LogP contribution in [0, 0.1) is 0 Å². The second kappa shape index (κ2) is 6.23. The highest BCUT2D eigenvalue weighted by Gasteiger charge is 2.12. The van der Waals surface area contributed by atoms with Crippen LogP contribution in [0.1, 0.15) is 32.0 Å². The molecule has 0 fully saturated rings. The van der Waals surface area contributed by atoms with Crippen LogP contribution in [0.5, 0.6) is 0 Å². The summed E-state index contributed by atoms with van der Waals surface area (Å²) in [5.41, 5.74) is 0. The fraction of sp³-hybridized carbons (Fsp3) is 0.778. The van der Waals surface area contributed by atoms with Crippen molar-refractivity contribution >= 4 is 29.4 Å². The molecule has 1 aromatic heterocycles. The molecule has 0 saturated carbocycles. The van der Waals surface area contributed by atoms with Crippen molar-refractivity contribution in [1.29, 1.82) is 0 Å². The minimum absolute atomic E-state index is 0.242. The first kappa shape index (κ1) is 12.6. The molecule has 6 heteroatoms. The number of halogens is 1. The van der Waals surface area contributed by atoms with E-state index in [2.05, 4.69) is 29.4 Å². The summed E-state index contributed by atoms with van der Waals surface area (Å²) in [6, 6.07) is 0.760. The van der Waals surface area contributed by atoms with Gasteiger partial charge in [0, 0.05) is 11.8 Å². The molecule has 1 N–H and O–H groups in total. The molecular weight excluding hydrogens is 234 g/mol. The molecule has 1 rings (SSSR count). The molecule has 4 nitrogen and oxygen atoms in total. The SMILES string of the molecule is CCSCC(C)Nc1nnc(C(C)Cl)o1. The van der Waals surface area contributed by atoms with Crippen LogP contribution in [0.4, 0.5) is 6.01 Å². The van der Waals surface area contributed by atoms with Gasteiger partial charge in [0.05, 0.1) is 0 Å². The van der Waals surface area contributed by atoms with Crippen LogP contribution in [0.3, 0.4) is 0 Å². The number of nitrogens with one attached hydrogen (secondary N) is 1. The largest absolute Gasteiger partial charge is 0.406 e. The topological polar surface area (TPSA) is 51.0 Å². The monoisotopic (exact) mass is 249 g/mol. The average molecular weight is 250 g/mol. The summed E-state index contributed by atoms with van der Waals surface area (Å²) in [5, 5.41) is 10.6. The summed E-state index contributed by atoms with van der Waals surface area (Å²) in [6.45, 7) is 6.02. The van der Waals surface area contributed by atoms with Gasteiger partial charge >= 0.3 is 6.01 Å². The van der Waals surface area contributed by atoms with Crippen LogP contribution < -0.4 is 5.32 Å². The molecule has 0 spiro atoms. The van der Waals surface area contributed by atoms with E-state index in [0.717, 1.165) is 11.5 Å². The van der Waals surface area contributed by atoms with Gasteiger partial charge in [0.15, 0.2) is 0 Å². The molecule has 0 saturated heterocycles. The van der Waals surface area contributed by atoms with Crippen molar-refractivity contribution in [2.45, 2.75) is 32.2 Å². The lowest BCUT2D eigenvalue weighted by atomic mass is 10.4. The smallest absolute Gasteiger partial charge is 0.315 e. The molecule has 86 valence electrons. The Bertz CT molecular complexity index is 293. The predicted molar refractivity (Wildman–Crippen MR) is 64.6 cm³/mol. The summed E-state index contributed by atoms with van der Waals surface area (Å²) in [7, 11) is 0. The first-order valence-electron chi connectivity index (χ1n) is 4.95. The van der Waals surface area contributed by atoms with E-state index < -0.39 is 0 Å². The normalized spacial score (nSPS) is 14.9. The van der Waals surface area contributed by atoms with E-state index >= 15 is 0 Å². The summed E-state index contributed by atoms with van der Waals surface area (Å²) in [6.07, 6.45) is 0. The van der Waals surface area contributed by atoms with Gasteiger partial charge in [0.2, 0.25) is 5.89 Å². The van der Waals surface area contributed by atoms with Crippen molar-refractivity contribution in [2.75, 3.05) is 16.8 Å². The Balaban J connectivity index is 2.42. The highest BCUT2D eigenvalue weighted by atomic mass is 35.5. The van der Waals surface area contributed by atoms with Crippen LogP contribution in [0.15, 0.2) is 4.42 Å². The average Bonchev–Trinajstić information content (AvgIpc) is 2.63. The number of rotatable bonds is 6. The van der Waals surface area contributed by atoms with Crippen LogP contribution in [0.2, 0.25) is 0 Å². The third-order valence-corrected chi connectivity index (χ3v) is 3.05. The summed E-state index contributed by atoms with van der Waals surface area (Å²) in [5.74, 6) is 2.58. The quantitative estimate of drug-likeness (QED) is 0.786. The Morgan fingerprint density at radius 2 is 2.20 bits per heavy atom. The van der Waals surface area contributed by atoms with Crippen LogP contribution >= 0.6 is 23.4 Å². The van der Waals surface area contributed by atoms with E-state index in [-0.39, 0.29) is 5.38 Å². The standard InChI is InChI=1S/C9H16ClN3OS/c1-4-15-5-6(2)11-9-13-12-8(14-9)7(3)10/h6-7H,4-5H2,1-3H3,(H,11,13). The zero-order valence-corrected chi connectivity index (χ0v) is 10.7. The van der Waals surface area contributed by atoms with Crippen molar-refractivity contribution < 1.29 is 4.42 Å². The second-order valence-corrected chi connectivity index (χ2v) is 5.24. The molecule has 0 aliphatic carbocycles. The van der Waals surface area contributed by atoms with Gasteiger partial charge in [-0.3, -0.25) is 0 Å². The molecule has 0 radical (unpaired) electrons. The Kier molecular flexibility index (Phi) is 5.25. The maximum atomic E-state index is 5.81. The van der Waals surface area contributed by atoms with Crippen LogP contribution in [-0.2, 0) is 0 Å². The fourth-order valence-corrected chi connectivity index (χ4v) is 1.76. The minimum atomic E-state index is -0.242. The van der Waals surface area contributed by atoms with Gasteiger partial charge in [-0.05, 0) is 19.6 Å². The zero-order chi connectivity index (χ0) is 11.3. The third-order valence-electron chi connectivity index (χ3n) is 1.72. The fourth-order valence-electron chi connectivity index (χ4n) is 1.00. The molecule has 1 aromatic rings. The Morgan fingerprint density at radius 3 is 2.73 bits per heavy atom. The lowest BCUT2D eigenvalue weighted by Crippen LogP contribution is -2.18. The van der Waals surface area contributed by atoms with Gasteiger partial charge in [0.1, 0.15) is 5.38 Å². The van der Waals surface area contributed by atoms with E-state index in [1.54, 1.807) is 6.92 Å². The van der Waals surface area contributed by atoms with Crippen molar-refractivity contribution in [3.05, 3.63) is 5.89 Å². The number of nitrogens with zero attached hydrogens (tertiary/aromatic N) is 2. The number of anilines is 1. The van der Waals surface area contributed by atoms with E-state index in [1.165, 1.54) is 0 Å². The molecular formula is C9H16ClN3OS. The minimum Gasteiger partial charge on any atom is -0.406 e. The Hall–Kier alpha value is -0.420. The van der Waals surface area contributed by atoms with Crippen LogP contribution in [0.25, 0.3) is 0 Å². The van der Waals surface area contributed by atoms with E-state index in [9.17, 15) is 0 Å². The first-order chi connectivity index (χ1) is 7.13. The van der Waals surface area contributed by atoms with Crippen molar-refractivity contribution in [2.24, 2.45) is 0 Å². The van der Waals surface area contributed by atoms with E-state index in [4.69, 9.17) is 16.0 Å². The molecule has 15 heavy (non-hydrogen) atoms.